The quantitative estimate of drug-likeness (QED) is 0.617. The number of aliphatic carboxylic acids is 1. The van der Waals surface area contributed by atoms with E-state index < -0.39 is 12.1 Å². The van der Waals surface area contributed by atoms with Crippen LogP contribution in [0.25, 0.3) is 0 Å². The summed E-state index contributed by atoms with van der Waals surface area (Å²) in [6, 6.07) is 0. The highest BCUT2D eigenvalue weighted by Gasteiger charge is 2.13. The van der Waals surface area contributed by atoms with Gasteiger partial charge in [0.05, 0.1) is 0 Å². The van der Waals surface area contributed by atoms with Crippen LogP contribution in [-0.2, 0) is 9.53 Å². The first kappa shape index (κ1) is 8.43. The fourth-order valence-corrected chi connectivity index (χ4v) is 0.565. The van der Waals surface area contributed by atoms with E-state index in [9.17, 15) is 4.79 Å². The maximum atomic E-state index is 10.2. The van der Waals surface area contributed by atoms with Gasteiger partial charge in [-0.25, -0.2) is 4.79 Å². The summed E-state index contributed by atoms with van der Waals surface area (Å²) in [5.41, 5.74) is 0. The van der Waals surface area contributed by atoms with E-state index in [-0.39, 0.29) is 0 Å². The Labute approximate surface area is 54.6 Å². The third-order valence-electron chi connectivity index (χ3n) is 1.01. The van der Waals surface area contributed by atoms with Gasteiger partial charge in [0.15, 0.2) is 6.10 Å². The highest BCUT2D eigenvalue weighted by Crippen LogP contribution is 1.96. The number of carbonyl (C=O) groups is 1. The molecule has 0 radical (unpaired) electrons. The molecule has 1 atom stereocenters. The van der Waals surface area contributed by atoms with E-state index in [1.54, 1.807) is 13.8 Å². The van der Waals surface area contributed by atoms with Crippen LogP contribution in [-0.4, -0.2) is 23.8 Å². The summed E-state index contributed by atoms with van der Waals surface area (Å²) in [4.78, 5) is 10.2. The molecule has 3 heteroatoms. The van der Waals surface area contributed by atoms with Gasteiger partial charge in [-0.3, -0.25) is 0 Å². The van der Waals surface area contributed by atoms with Crippen LogP contribution in [0, 0.1) is 0 Å². The molecule has 0 saturated carbocycles. The summed E-state index contributed by atoms with van der Waals surface area (Å²) in [7, 11) is 0. The number of hydrogen-bond acceptors (Lipinski definition) is 2. The van der Waals surface area contributed by atoms with Gasteiger partial charge in [0.2, 0.25) is 0 Å². The highest BCUT2D eigenvalue weighted by atomic mass is 16.5. The van der Waals surface area contributed by atoms with Crippen molar-refractivity contribution in [1.29, 1.82) is 0 Å². The second-order valence-corrected chi connectivity index (χ2v) is 1.69. The standard InChI is InChI=1S/C6H12O3/c1-3-5(6(7)8)9-4-2/h5H,3-4H2,1-2H3,(H,7,8)/t5-/m0/s1. The Hall–Kier alpha value is -0.570. The zero-order valence-electron chi connectivity index (χ0n) is 5.76. The Balaban J connectivity index is 3.54. The predicted octanol–water partition coefficient (Wildman–Crippen LogP) is 0.886. The summed E-state index contributed by atoms with van der Waals surface area (Å²) in [5.74, 6) is -0.876. The van der Waals surface area contributed by atoms with Gasteiger partial charge in [-0.2, -0.15) is 0 Å². The van der Waals surface area contributed by atoms with Gasteiger partial charge in [-0.1, -0.05) is 6.92 Å². The van der Waals surface area contributed by atoms with Crippen LogP contribution in [0.4, 0.5) is 0 Å². The average molecular weight is 132 g/mol. The number of carboxylic acid groups (broad SMARTS) is 1. The third-order valence-corrected chi connectivity index (χ3v) is 1.01. The molecular weight excluding hydrogens is 120 g/mol. The van der Waals surface area contributed by atoms with Crippen molar-refractivity contribution in [2.45, 2.75) is 26.4 Å². The molecule has 0 aliphatic rings. The monoisotopic (exact) mass is 132 g/mol. The normalized spacial score (nSPS) is 13.1. The lowest BCUT2D eigenvalue weighted by Crippen LogP contribution is -2.22. The highest BCUT2D eigenvalue weighted by molar-refractivity contribution is 5.72. The van der Waals surface area contributed by atoms with E-state index in [0.29, 0.717) is 13.0 Å². The summed E-state index contributed by atoms with van der Waals surface area (Å²) >= 11 is 0. The second-order valence-electron chi connectivity index (χ2n) is 1.69. The number of rotatable bonds is 4. The van der Waals surface area contributed by atoms with Gasteiger partial charge in [0.25, 0.3) is 0 Å². The minimum Gasteiger partial charge on any atom is -0.479 e. The maximum Gasteiger partial charge on any atom is 0.332 e. The molecule has 0 heterocycles. The minimum absolute atomic E-state index is 0.463. The molecule has 0 aliphatic carbocycles. The molecular formula is C6H12O3. The molecule has 0 spiro atoms. The number of ether oxygens (including phenoxy) is 1. The lowest BCUT2D eigenvalue weighted by Gasteiger charge is -2.07. The van der Waals surface area contributed by atoms with E-state index in [4.69, 9.17) is 9.84 Å². The first-order chi connectivity index (χ1) is 4.22. The molecule has 0 amide bonds. The van der Waals surface area contributed by atoms with Gasteiger partial charge in [0, 0.05) is 6.61 Å². The molecule has 0 rings (SSSR count). The molecule has 0 fully saturated rings. The fraction of sp³-hybridized carbons (Fsp3) is 0.833. The third kappa shape index (κ3) is 3.08. The van der Waals surface area contributed by atoms with Crippen molar-refractivity contribution in [2.24, 2.45) is 0 Å². The summed E-state index contributed by atoms with van der Waals surface area (Å²) in [6.45, 7) is 4.03. The summed E-state index contributed by atoms with van der Waals surface area (Å²) in [6.07, 6.45) is -0.0848. The SMILES string of the molecule is CCO[C@@H](CC)C(=O)O. The Morgan fingerprint density at radius 1 is 1.67 bits per heavy atom. The summed E-state index contributed by atoms with van der Waals surface area (Å²) < 4.78 is 4.85. The topological polar surface area (TPSA) is 46.5 Å². The van der Waals surface area contributed by atoms with Crippen molar-refractivity contribution in [3.8, 4) is 0 Å². The largest absolute Gasteiger partial charge is 0.479 e. The average Bonchev–Trinajstić information content (AvgIpc) is 1.82. The van der Waals surface area contributed by atoms with Crippen LogP contribution >= 0.6 is 0 Å². The zero-order chi connectivity index (χ0) is 7.28. The second kappa shape index (κ2) is 4.32. The summed E-state index contributed by atoms with van der Waals surface area (Å²) in [5, 5.41) is 8.38. The van der Waals surface area contributed by atoms with Crippen LogP contribution in [0.1, 0.15) is 20.3 Å². The number of carboxylic acids is 1. The lowest BCUT2D eigenvalue weighted by atomic mass is 10.3. The van der Waals surface area contributed by atoms with Crippen LogP contribution in [0.15, 0.2) is 0 Å². The van der Waals surface area contributed by atoms with Crippen molar-refractivity contribution in [2.75, 3.05) is 6.61 Å². The van der Waals surface area contributed by atoms with E-state index in [1.807, 2.05) is 0 Å². The smallest absolute Gasteiger partial charge is 0.332 e. The van der Waals surface area contributed by atoms with E-state index in [2.05, 4.69) is 0 Å². The molecule has 0 aromatic rings. The minimum atomic E-state index is -0.876. The van der Waals surface area contributed by atoms with Crippen LogP contribution < -0.4 is 0 Å². The zero-order valence-corrected chi connectivity index (χ0v) is 5.76. The molecule has 0 aliphatic heterocycles. The fourth-order valence-electron chi connectivity index (χ4n) is 0.565. The first-order valence-electron chi connectivity index (χ1n) is 3.06. The van der Waals surface area contributed by atoms with E-state index >= 15 is 0 Å². The van der Waals surface area contributed by atoms with Crippen LogP contribution in [0.3, 0.4) is 0 Å². The molecule has 0 aromatic carbocycles. The van der Waals surface area contributed by atoms with Crippen LogP contribution in [0.2, 0.25) is 0 Å². The lowest BCUT2D eigenvalue weighted by molar-refractivity contribution is -0.150. The Morgan fingerprint density at radius 3 is 2.33 bits per heavy atom. The van der Waals surface area contributed by atoms with E-state index in [1.165, 1.54) is 0 Å². The Morgan fingerprint density at radius 2 is 2.22 bits per heavy atom. The van der Waals surface area contributed by atoms with Crippen molar-refractivity contribution < 1.29 is 14.6 Å². The van der Waals surface area contributed by atoms with Crippen molar-refractivity contribution in [3.63, 3.8) is 0 Å². The molecule has 0 unspecified atom stereocenters. The van der Waals surface area contributed by atoms with Crippen molar-refractivity contribution >= 4 is 5.97 Å². The molecule has 54 valence electrons. The molecule has 1 N–H and O–H groups in total. The molecule has 0 bridgehead atoms. The van der Waals surface area contributed by atoms with Gasteiger partial charge in [-0.15, -0.1) is 0 Å². The van der Waals surface area contributed by atoms with Gasteiger partial charge in [0.1, 0.15) is 0 Å². The van der Waals surface area contributed by atoms with Gasteiger partial charge in [-0.05, 0) is 13.3 Å². The predicted molar refractivity (Wildman–Crippen MR) is 33.3 cm³/mol. The van der Waals surface area contributed by atoms with Gasteiger partial charge < -0.3 is 9.84 Å². The van der Waals surface area contributed by atoms with Crippen molar-refractivity contribution in [1.82, 2.24) is 0 Å². The Kier molecular flexibility index (Phi) is 4.05. The molecule has 0 saturated heterocycles. The molecule has 9 heavy (non-hydrogen) atoms. The number of hydrogen-bond donors (Lipinski definition) is 1. The maximum absolute atomic E-state index is 10.2. The Bertz CT molecular complexity index is 90.3. The molecule has 0 aromatic heterocycles. The van der Waals surface area contributed by atoms with Crippen molar-refractivity contribution in [3.05, 3.63) is 0 Å². The van der Waals surface area contributed by atoms with Crippen LogP contribution in [0.5, 0.6) is 0 Å². The van der Waals surface area contributed by atoms with E-state index in [0.717, 1.165) is 0 Å². The molecule has 3 nitrogen and oxygen atoms in total. The van der Waals surface area contributed by atoms with Gasteiger partial charge >= 0.3 is 5.97 Å². The first-order valence-corrected chi connectivity index (χ1v) is 3.06.